The molecule has 0 bridgehead atoms. The average Bonchev–Trinajstić information content (AvgIpc) is 2.08. The lowest BCUT2D eigenvalue weighted by atomic mass is 9.38. The molecule has 90 valence electrons. The summed E-state index contributed by atoms with van der Waals surface area (Å²) in [4.78, 5) is 0. The van der Waals surface area contributed by atoms with Gasteiger partial charge in [0.2, 0.25) is 0 Å². The third-order valence-electron chi connectivity index (χ3n) is 5.58. The molecule has 1 saturated carbocycles. The largest absolute Gasteiger partial charge is 0.0651 e. The molecule has 0 heteroatoms. The monoisotopic (exact) mass is 210 g/mol. The Morgan fingerprint density at radius 3 is 1.93 bits per heavy atom. The normalized spacial score (nSPS) is 41.8. The van der Waals surface area contributed by atoms with E-state index >= 15 is 0 Å². The minimum absolute atomic E-state index is 0.443. The van der Waals surface area contributed by atoms with Crippen LogP contribution in [0.5, 0.6) is 0 Å². The molecule has 0 aromatic rings. The Morgan fingerprint density at radius 2 is 1.67 bits per heavy atom. The third kappa shape index (κ3) is 1.65. The Hall–Kier alpha value is 0. The van der Waals surface area contributed by atoms with Crippen LogP contribution in [-0.2, 0) is 0 Å². The van der Waals surface area contributed by atoms with Gasteiger partial charge in [-0.2, -0.15) is 0 Å². The van der Waals surface area contributed by atoms with Crippen LogP contribution in [0.4, 0.5) is 0 Å². The number of hydrogen-bond acceptors (Lipinski definition) is 0. The lowest BCUT2D eigenvalue weighted by molar-refractivity contribution is -0.186. The van der Waals surface area contributed by atoms with Gasteiger partial charge < -0.3 is 0 Å². The van der Waals surface area contributed by atoms with Crippen molar-refractivity contribution >= 4 is 0 Å². The second kappa shape index (κ2) is 3.79. The summed E-state index contributed by atoms with van der Waals surface area (Å²) in [6.45, 7) is 19.4. The molecule has 0 spiro atoms. The van der Waals surface area contributed by atoms with Crippen LogP contribution in [0.15, 0.2) is 0 Å². The van der Waals surface area contributed by atoms with E-state index in [2.05, 4.69) is 55.4 Å². The quantitative estimate of drug-likeness (QED) is 0.602. The zero-order valence-corrected chi connectivity index (χ0v) is 12.0. The molecule has 0 aromatic heterocycles. The maximum Gasteiger partial charge on any atom is -0.0218 e. The molecule has 1 fully saturated rings. The smallest absolute Gasteiger partial charge is 0.0218 e. The van der Waals surface area contributed by atoms with E-state index in [0.29, 0.717) is 10.8 Å². The van der Waals surface area contributed by atoms with Crippen molar-refractivity contribution in [2.75, 3.05) is 0 Å². The molecule has 15 heavy (non-hydrogen) atoms. The Balaban J connectivity index is 2.95. The van der Waals surface area contributed by atoms with Gasteiger partial charge in [0, 0.05) is 0 Å². The van der Waals surface area contributed by atoms with Crippen molar-refractivity contribution in [3.8, 4) is 0 Å². The van der Waals surface area contributed by atoms with Crippen molar-refractivity contribution in [2.24, 2.45) is 34.5 Å². The first-order valence-electron chi connectivity index (χ1n) is 6.67. The number of rotatable bonds is 2. The van der Waals surface area contributed by atoms with E-state index < -0.39 is 0 Å². The molecule has 0 N–H and O–H groups in total. The predicted octanol–water partition coefficient (Wildman–Crippen LogP) is 4.99. The highest BCUT2D eigenvalue weighted by Gasteiger charge is 2.60. The van der Waals surface area contributed by atoms with E-state index in [0.717, 1.165) is 23.7 Å². The van der Waals surface area contributed by atoms with Crippen molar-refractivity contribution in [1.82, 2.24) is 0 Å². The maximum absolute atomic E-state index is 2.52. The third-order valence-corrected chi connectivity index (χ3v) is 5.58. The van der Waals surface area contributed by atoms with Gasteiger partial charge in [0.15, 0.2) is 0 Å². The van der Waals surface area contributed by atoms with Gasteiger partial charge in [0.1, 0.15) is 0 Å². The molecule has 0 radical (unpaired) electrons. The summed E-state index contributed by atoms with van der Waals surface area (Å²) in [7, 11) is 0. The molecule has 1 rings (SSSR count). The van der Waals surface area contributed by atoms with E-state index in [1.807, 2.05) is 0 Å². The summed E-state index contributed by atoms with van der Waals surface area (Å²) in [6.07, 6.45) is 1.35. The van der Waals surface area contributed by atoms with Crippen molar-refractivity contribution in [1.29, 1.82) is 0 Å². The lowest BCUT2D eigenvalue weighted by Gasteiger charge is -2.66. The molecule has 4 atom stereocenters. The molecule has 0 amide bonds. The minimum Gasteiger partial charge on any atom is -0.0651 e. The number of hydrogen-bond donors (Lipinski definition) is 0. The lowest BCUT2D eigenvalue weighted by Crippen LogP contribution is -2.61. The van der Waals surface area contributed by atoms with Crippen molar-refractivity contribution < 1.29 is 0 Å². The Labute approximate surface area is 96.8 Å². The van der Waals surface area contributed by atoms with Crippen LogP contribution < -0.4 is 0 Å². The zero-order chi connectivity index (χ0) is 12.0. The minimum atomic E-state index is 0.443. The van der Waals surface area contributed by atoms with Crippen LogP contribution in [-0.4, -0.2) is 0 Å². The van der Waals surface area contributed by atoms with Gasteiger partial charge in [-0.25, -0.2) is 0 Å². The highest BCUT2D eigenvalue weighted by atomic mass is 14.6. The molecule has 0 aromatic carbocycles. The van der Waals surface area contributed by atoms with Crippen LogP contribution >= 0.6 is 0 Å². The first-order chi connectivity index (χ1) is 6.67. The van der Waals surface area contributed by atoms with Gasteiger partial charge in [0.25, 0.3) is 0 Å². The molecule has 1 aliphatic rings. The van der Waals surface area contributed by atoms with Crippen LogP contribution in [0.25, 0.3) is 0 Å². The van der Waals surface area contributed by atoms with E-state index in [-0.39, 0.29) is 0 Å². The van der Waals surface area contributed by atoms with E-state index in [9.17, 15) is 0 Å². The maximum atomic E-state index is 2.52. The molecule has 1 aliphatic carbocycles. The second-order valence-electron chi connectivity index (χ2n) is 7.16. The summed E-state index contributed by atoms with van der Waals surface area (Å²) in [5.74, 6) is 3.59. The SMILES string of the molecule is CCC1C(C(C)C)C(C)C1(C)C(C)(C)C. The zero-order valence-electron chi connectivity index (χ0n) is 12.0. The second-order valence-corrected chi connectivity index (χ2v) is 7.16. The van der Waals surface area contributed by atoms with Crippen molar-refractivity contribution in [3.63, 3.8) is 0 Å². The van der Waals surface area contributed by atoms with Gasteiger partial charge in [-0.15, -0.1) is 0 Å². The van der Waals surface area contributed by atoms with Crippen molar-refractivity contribution in [2.45, 2.75) is 61.8 Å². The first-order valence-corrected chi connectivity index (χ1v) is 6.67. The molecule has 0 nitrogen and oxygen atoms in total. The van der Waals surface area contributed by atoms with E-state index in [1.54, 1.807) is 0 Å². The Bertz CT molecular complexity index is 221. The Kier molecular flexibility index (Phi) is 3.30. The van der Waals surface area contributed by atoms with E-state index in [4.69, 9.17) is 0 Å². The van der Waals surface area contributed by atoms with Gasteiger partial charge in [-0.05, 0) is 34.5 Å². The summed E-state index contributed by atoms with van der Waals surface area (Å²) in [5, 5.41) is 0. The summed E-state index contributed by atoms with van der Waals surface area (Å²) >= 11 is 0. The predicted molar refractivity (Wildman–Crippen MR) is 68.8 cm³/mol. The van der Waals surface area contributed by atoms with Gasteiger partial charge in [-0.3, -0.25) is 0 Å². The standard InChI is InChI=1S/C15H30/c1-9-12-13(10(2)3)11(4)15(12,8)14(5,6)7/h10-13H,9H2,1-8H3. The van der Waals surface area contributed by atoms with Gasteiger partial charge in [0.05, 0.1) is 0 Å². The fraction of sp³-hybridized carbons (Fsp3) is 1.00. The first kappa shape index (κ1) is 13.1. The summed E-state index contributed by atoms with van der Waals surface area (Å²) in [6, 6.07) is 0. The van der Waals surface area contributed by atoms with Crippen LogP contribution in [0.2, 0.25) is 0 Å². The molecule has 0 heterocycles. The average molecular weight is 210 g/mol. The molecule has 0 aliphatic heterocycles. The molecular weight excluding hydrogens is 180 g/mol. The van der Waals surface area contributed by atoms with Crippen LogP contribution in [0.3, 0.4) is 0 Å². The van der Waals surface area contributed by atoms with Crippen LogP contribution in [0, 0.1) is 34.5 Å². The highest BCUT2D eigenvalue weighted by Crippen LogP contribution is 2.66. The fourth-order valence-corrected chi connectivity index (χ4v) is 4.34. The fourth-order valence-electron chi connectivity index (χ4n) is 4.34. The van der Waals surface area contributed by atoms with E-state index in [1.165, 1.54) is 6.42 Å². The highest BCUT2D eigenvalue weighted by molar-refractivity contribution is 5.08. The van der Waals surface area contributed by atoms with Crippen LogP contribution in [0.1, 0.15) is 61.8 Å². The molecule has 0 saturated heterocycles. The van der Waals surface area contributed by atoms with Gasteiger partial charge >= 0.3 is 0 Å². The van der Waals surface area contributed by atoms with Crippen molar-refractivity contribution in [3.05, 3.63) is 0 Å². The summed E-state index contributed by atoms with van der Waals surface area (Å²) < 4.78 is 0. The topological polar surface area (TPSA) is 0 Å². The van der Waals surface area contributed by atoms with Gasteiger partial charge in [-0.1, -0.05) is 61.8 Å². The molecule has 4 unspecified atom stereocenters. The Morgan fingerprint density at radius 1 is 1.20 bits per heavy atom. The molecular formula is C15H30. The summed E-state index contributed by atoms with van der Waals surface area (Å²) in [5.41, 5.74) is 0.981.